The molecule has 0 atom stereocenters. The summed E-state index contributed by atoms with van der Waals surface area (Å²) in [6, 6.07) is 4.99. The van der Waals surface area contributed by atoms with Gasteiger partial charge >= 0.3 is 0 Å². The van der Waals surface area contributed by atoms with E-state index >= 15 is 0 Å². The van der Waals surface area contributed by atoms with Gasteiger partial charge in [0, 0.05) is 16.6 Å². The van der Waals surface area contributed by atoms with E-state index in [0.29, 0.717) is 0 Å². The highest BCUT2D eigenvalue weighted by Gasteiger charge is 2.29. The first-order valence-electron chi connectivity index (χ1n) is 12.9. The zero-order valence-corrected chi connectivity index (χ0v) is 21.8. The molecule has 0 aliphatic rings. The Kier molecular flexibility index (Phi) is 21.5. The van der Waals surface area contributed by atoms with Gasteiger partial charge in [0.1, 0.15) is 0 Å². The minimum Gasteiger partial charge on any atom is -0.0754 e. The van der Waals surface area contributed by atoms with E-state index in [2.05, 4.69) is 27.3 Å². The molecule has 0 aromatic heterocycles. The summed E-state index contributed by atoms with van der Waals surface area (Å²) < 4.78 is 0. The van der Waals surface area contributed by atoms with Gasteiger partial charge in [-0.15, -0.1) is 0 Å². The highest BCUT2D eigenvalue weighted by Crippen LogP contribution is 2.29. The van der Waals surface area contributed by atoms with Crippen LogP contribution in [0.3, 0.4) is 0 Å². The summed E-state index contributed by atoms with van der Waals surface area (Å²) in [5.74, 6) is 0. The van der Waals surface area contributed by atoms with Gasteiger partial charge in [-0.2, -0.15) is 0 Å². The monoisotopic (exact) mass is 410 g/mol. The smallest absolute Gasteiger partial charge is 0.0415 e. The summed E-state index contributed by atoms with van der Waals surface area (Å²) in [5, 5.41) is 0. The van der Waals surface area contributed by atoms with Crippen molar-refractivity contribution in [2.75, 3.05) is 0 Å². The maximum atomic E-state index is 2.58. The van der Waals surface area contributed by atoms with Gasteiger partial charge in [0.15, 0.2) is 0 Å². The summed E-state index contributed by atoms with van der Waals surface area (Å²) in [7, 11) is 0.348. The minimum absolute atomic E-state index is 0.947. The Morgan fingerprint density at radius 2 is 0.667 bits per heavy atom. The molecule has 0 aliphatic carbocycles. The van der Waals surface area contributed by atoms with Crippen LogP contribution in [0.1, 0.15) is 136 Å². The van der Waals surface area contributed by atoms with Crippen molar-refractivity contribution in [2.24, 2.45) is 0 Å². The number of rotatable bonds is 22. The van der Waals surface area contributed by atoms with Crippen molar-refractivity contribution in [2.45, 2.75) is 161 Å². The summed E-state index contributed by atoms with van der Waals surface area (Å²) in [4.78, 5) is 0. The molecule has 27 heavy (non-hydrogen) atoms. The van der Waals surface area contributed by atoms with Crippen LogP contribution >= 0.6 is 0 Å². The molecule has 2 radical (unpaired) electrons. The minimum atomic E-state index is -0.947. The lowest BCUT2D eigenvalue weighted by atomic mass is 10.1. The molecule has 0 N–H and O–H groups in total. The van der Waals surface area contributed by atoms with Gasteiger partial charge in [0.2, 0.25) is 0 Å². The van der Waals surface area contributed by atoms with Crippen molar-refractivity contribution < 1.29 is 0 Å². The Bertz CT molecular complexity index is 237. The molecule has 0 heterocycles. The fraction of sp³-hybridized carbons (Fsp3) is 1.00. The van der Waals surface area contributed by atoms with E-state index in [1.807, 2.05) is 0 Å². The first-order chi connectivity index (χ1) is 13.2. The Morgan fingerprint density at radius 1 is 0.407 bits per heavy atom. The second kappa shape index (κ2) is 21.2. The first kappa shape index (κ1) is 27.4. The van der Waals surface area contributed by atoms with Gasteiger partial charge in [-0.25, -0.2) is 0 Å². The van der Waals surface area contributed by atoms with Crippen LogP contribution < -0.4 is 0 Å². The van der Waals surface area contributed by atoms with Crippen molar-refractivity contribution in [3.63, 3.8) is 0 Å². The van der Waals surface area contributed by atoms with Crippen molar-refractivity contribution in [3.8, 4) is 0 Å². The maximum absolute atomic E-state index is 2.58. The standard InChI is InChI=1S/C25H54Si2/c1-5-8-11-14-17-20-23-27(26-4,24-21-18-15-12-9-6-2)25-22-19-16-13-10-7-3/h5-25H2,1-4H3. The predicted octanol–water partition coefficient (Wildman–Crippen LogP) is 9.77. The topological polar surface area (TPSA) is 0 Å². The van der Waals surface area contributed by atoms with Crippen molar-refractivity contribution >= 4 is 16.6 Å². The van der Waals surface area contributed by atoms with Crippen molar-refractivity contribution in [1.82, 2.24) is 0 Å². The third-order valence-corrected chi connectivity index (χ3v) is 17.0. The third-order valence-electron chi connectivity index (χ3n) is 6.56. The van der Waals surface area contributed by atoms with Crippen LogP contribution in [0.2, 0.25) is 24.7 Å². The highest BCUT2D eigenvalue weighted by atomic mass is 29.2. The molecule has 0 rings (SSSR count). The molecule has 0 bridgehead atoms. The SMILES string of the molecule is CCCCCCCC[Si](CCCCCCCC)(CCCCCCCC)[Si]C. The van der Waals surface area contributed by atoms with E-state index in [9.17, 15) is 0 Å². The van der Waals surface area contributed by atoms with Gasteiger partial charge in [0.05, 0.1) is 0 Å². The van der Waals surface area contributed by atoms with Crippen LogP contribution in [-0.2, 0) is 0 Å². The molecule has 2 heteroatoms. The Morgan fingerprint density at radius 3 is 0.926 bits per heavy atom. The highest BCUT2D eigenvalue weighted by molar-refractivity contribution is 7.24. The zero-order valence-electron chi connectivity index (χ0n) is 19.8. The van der Waals surface area contributed by atoms with Gasteiger partial charge in [-0.3, -0.25) is 0 Å². The molecule has 0 aliphatic heterocycles. The van der Waals surface area contributed by atoms with Crippen molar-refractivity contribution in [3.05, 3.63) is 0 Å². The summed E-state index contributed by atoms with van der Waals surface area (Å²) >= 11 is 0. The fourth-order valence-corrected chi connectivity index (χ4v) is 12.6. The molecule has 0 fully saturated rings. The Balaban J connectivity index is 4.23. The van der Waals surface area contributed by atoms with Crippen LogP contribution in [0.5, 0.6) is 0 Å². The lowest BCUT2D eigenvalue weighted by Crippen LogP contribution is -2.40. The molecule has 0 saturated carbocycles. The third kappa shape index (κ3) is 17.0. The molecule has 0 saturated heterocycles. The molecule has 162 valence electrons. The molecular formula is C25H54Si2. The first-order valence-corrected chi connectivity index (χ1v) is 18.1. The maximum Gasteiger partial charge on any atom is 0.0415 e. The second-order valence-electron chi connectivity index (χ2n) is 9.08. The molecule has 0 nitrogen and oxygen atoms in total. The molecule has 0 spiro atoms. The number of hydrogen-bond acceptors (Lipinski definition) is 0. The van der Waals surface area contributed by atoms with E-state index in [-0.39, 0.29) is 0 Å². The Labute approximate surface area is 177 Å². The molecular weight excluding hydrogens is 356 g/mol. The molecule has 0 unspecified atom stereocenters. The number of unbranched alkanes of at least 4 members (excludes halogenated alkanes) is 15. The molecule has 0 amide bonds. The van der Waals surface area contributed by atoms with Gasteiger partial charge in [-0.1, -0.05) is 161 Å². The van der Waals surface area contributed by atoms with E-state index in [0.717, 1.165) is 0 Å². The van der Waals surface area contributed by atoms with Crippen LogP contribution in [0, 0.1) is 0 Å². The summed E-state index contributed by atoms with van der Waals surface area (Å²) in [5.41, 5.74) is 0. The van der Waals surface area contributed by atoms with Gasteiger partial charge in [0.25, 0.3) is 0 Å². The lowest BCUT2D eigenvalue weighted by molar-refractivity contribution is 0.609. The van der Waals surface area contributed by atoms with Crippen LogP contribution in [0.15, 0.2) is 0 Å². The fourth-order valence-electron chi connectivity index (χ4n) is 4.48. The largest absolute Gasteiger partial charge is 0.0754 e. The zero-order chi connectivity index (χ0) is 20.1. The summed E-state index contributed by atoms with van der Waals surface area (Å²) in [6.07, 6.45) is 26.7. The number of hydrogen-bond donors (Lipinski definition) is 0. The van der Waals surface area contributed by atoms with Crippen LogP contribution in [-0.4, -0.2) is 16.6 Å². The average molecular weight is 411 g/mol. The van der Waals surface area contributed by atoms with E-state index in [4.69, 9.17) is 0 Å². The normalized spacial score (nSPS) is 12.0. The quantitative estimate of drug-likeness (QED) is 0.123. The molecule has 0 aromatic rings. The van der Waals surface area contributed by atoms with Crippen LogP contribution in [0.4, 0.5) is 0 Å². The summed E-state index contributed by atoms with van der Waals surface area (Å²) in [6.45, 7) is 9.57. The Hall–Kier alpha value is 0.434. The van der Waals surface area contributed by atoms with Crippen molar-refractivity contribution in [1.29, 1.82) is 0 Å². The molecule has 0 aromatic carbocycles. The van der Waals surface area contributed by atoms with E-state index < -0.39 is 7.59 Å². The van der Waals surface area contributed by atoms with E-state index in [1.54, 1.807) is 37.4 Å². The van der Waals surface area contributed by atoms with Gasteiger partial charge < -0.3 is 0 Å². The second-order valence-corrected chi connectivity index (χ2v) is 18.3. The van der Waals surface area contributed by atoms with Gasteiger partial charge in [-0.05, 0) is 0 Å². The van der Waals surface area contributed by atoms with Crippen LogP contribution in [0.25, 0.3) is 0 Å². The lowest BCUT2D eigenvalue weighted by Gasteiger charge is -2.31. The average Bonchev–Trinajstić information content (AvgIpc) is 2.69. The van der Waals surface area contributed by atoms with E-state index in [1.165, 1.54) is 105 Å². The predicted molar refractivity (Wildman–Crippen MR) is 132 cm³/mol.